The van der Waals surface area contributed by atoms with Gasteiger partial charge in [-0.3, -0.25) is 0 Å². The molecule has 2 aromatic rings. The van der Waals surface area contributed by atoms with E-state index in [0.717, 1.165) is 41.9 Å². The van der Waals surface area contributed by atoms with Crippen LogP contribution >= 0.6 is 0 Å². The van der Waals surface area contributed by atoms with Crippen molar-refractivity contribution in [3.05, 3.63) is 30.3 Å². The molecule has 0 radical (unpaired) electrons. The van der Waals surface area contributed by atoms with E-state index in [1.807, 2.05) is 24.3 Å². The average molecular weight is 259 g/mol. The molecular formula is C15H21N3O. The van der Waals surface area contributed by atoms with E-state index >= 15 is 0 Å². The number of pyridine rings is 1. The predicted octanol–water partition coefficient (Wildman–Crippen LogP) is 2.78. The first-order valence-electron chi connectivity index (χ1n) is 6.64. The number of nitrogens with one attached hydrogen (secondary N) is 1. The number of benzene rings is 1. The topological polar surface area (TPSA) is 60.2 Å². The molecule has 0 aliphatic carbocycles. The Bertz CT molecular complexity index is 542. The van der Waals surface area contributed by atoms with Crippen molar-refractivity contribution in [2.75, 3.05) is 19.0 Å². The van der Waals surface area contributed by atoms with Crippen LogP contribution in [0.3, 0.4) is 0 Å². The molecule has 1 aromatic heterocycles. The lowest BCUT2D eigenvalue weighted by atomic mass is 10.1. The van der Waals surface area contributed by atoms with Crippen molar-refractivity contribution in [1.29, 1.82) is 0 Å². The molecule has 0 saturated carbocycles. The highest BCUT2D eigenvalue weighted by Gasteiger charge is 2.04. The Labute approximate surface area is 114 Å². The summed E-state index contributed by atoms with van der Waals surface area (Å²) in [5.41, 5.74) is 6.49. The molecule has 4 heteroatoms. The quantitative estimate of drug-likeness (QED) is 0.837. The highest BCUT2D eigenvalue weighted by molar-refractivity contribution is 5.81. The normalized spacial score (nSPS) is 12.4. The summed E-state index contributed by atoms with van der Waals surface area (Å²) >= 11 is 0. The molecule has 4 nitrogen and oxygen atoms in total. The highest BCUT2D eigenvalue weighted by atomic mass is 16.5. The Morgan fingerprint density at radius 2 is 2.16 bits per heavy atom. The monoisotopic (exact) mass is 259 g/mol. The van der Waals surface area contributed by atoms with Gasteiger partial charge in [0.15, 0.2) is 0 Å². The van der Waals surface area contributed by atoms with E-state index in [4.69, 9.17) is 10.5 Å². The van der Waals surface area contributed by atoms with Gasteiger partial charge in [-0.05, 0) is 56.6 Å². The van der Waals surface area contributed by atoms with Crippen LogP contribution in [0.15, 0.2) is 30.3 Å². The van der Waals surface area contributed by atoms with Gasteiger partial charge >= 0.3 is 0 Å². The number of hydrogen-bond acceptors (Lipinski definition) is 4. The second-order valence-corrected chi connectivity index (χ2v) is 4.73. The standard InChI is InChI=1S/C15H21N3O/c1-11(4-3-9-16)17-15-8-5-12-10-13(19-2)6-7-14(12)18-15/h5-8,10-11H,3-4,9,16H2,1-2H3,(H,17,18). The van der Waals surface area contributed by atoms with Crippen molar-refractivity contribution < 1.29 is 4.74 Å². The van der Waals surface area contributed by atoms with Gasteiger partial charge in [0.2, 0.25) is 0 Å². The zero-order chi connectivity index (χ0) is 13.7. The minimum atomic E-state index is 0.381. The van der Waals surface area contributed by atoms with E-state index in [2.05, 4.69) is 23.3 Å². The molecule has 1 aromatic carbocycles. The minimum Gasteiger partial charge on any atom is -0.497 e. The number of anilines is 1. The highest BCUT2D eigenvalue weighted by Crippen LogP contribution is 2.21. The Hall–Kier alpha value is -1.81. The number of nitrogens with two attached hydrogens (primary N) is 1. The van der Waals surface area contributed by atoms with Crippen molar-refractivity contribution in [3.8, 4) is 5.75 Å². The summed E-state index contributed by atoms with van der Waals surface area (Å²) in [5.74, 6) is 1.76. The largest absolute Gasteiger partial charge is 0.497 e. The first-order valence-corrected chi connectivity index (χ1v) is 6.64. The molecule has 0 amide bonds. The predicted molar refractivity (Wildman–Crippen MR) is 79.7 cm³/mol. The molecule has 2 rings (SSSR count). The van der Waals surface area contributed by atoms with Crippen LogP contribution in [0, 0.1) is 0 Å². The third-order valence-corrected chi connectivity index (χ3v) is 3.13. The molecule has 1 heterocycles. The number of methoxy groups -OCH3 is 1. The van der Waals surface area contributed by atoms with Gasteiger partial charge in [-0.25, -0.2) is 4.98 Å². The van der Waals surface area contributed by atoms with E-state index in [9.17, 15) is 0 Å². The maximum Gasteiger partial charge on any atom is 0.126 e. The zero-order valence-electron chi connectivity index (χ0n) is 11.5. The van der Waals surface area contributed by atoms with Gasteiger partial charge in [0.1, 0.15) is 11.6 Å². The van der Waals surface area contributed by atoms with Crippen molar-refractivity contribution in [2.24, 2.45) is 5.73 Å². The number of ether oxygens (including phenoxy) is 1. The fourth-order valence-corrected chi connectivity index (χ4v) is 2.06. The molecular weight excluding hydrogens is 238 g/mol. The van der Waals surface area contributed by atoms with Crippen LogP contribution in [-0.4, -0.2) is 24.7 Å². The van der Waals surface area contributed by atoms with Crippen LogP contribution in [0.5, 0.6) is 5.75 Å². The second-order valence-electron chi connectivity index (χ2n) is 4.73. The van der Waals surface area contributed by atoms with Crippen molar-refractivity contribution >= 4 is 16.7 Å². The van der Waals surface area contributed by atoms with Crippen molar-refractivity contribution in [1.82, 2.24) is 4.98 Å². The Kier molecular flexibility index (Phi) is 4.58. The van der Waals surface area contributed by atoms with Crippen LogP contribution < -0.4 is 15.8 Å². The Morgan fingerprint density at radius 3 is 2.89 bits per heavy atom. The first-order chi connectivity index (χ1) is 9.22. The van der Waals surface area contributed by atoms with E-state index in [-0.39, 0.29) is 0 Å². The van der Waals surface area contributed by atoms with Gasteiger partial charge in [0, 0.05) is 11.4 Å². The van der Waals surface area contributed by atoms with Crippen molar-refractivity contribution in [2.45, 2.75) is 25.8 Å². The smallest absolute Gasteiger partial charge is 0.126 e. The number of aromatic nitrogens is 1. The lowest BCUT2D eigenvalue weighted by Crippen LogP contribution is -2.17. The molecule has 0 spiro atoms. The number of rotatable bonds is 6. The Balaban J connectivity index is 2.13. The summed E-state index contributed by atoms with van der Waals surface area (Å²) in [6.45, 7) is 2.88. The van der Waals surface area contributed by atoms with E-state index < -0.39 is 0 Å². The molecule has 0 aliphatic rings. The van der Waals surface area contributed by atoms with Gasteiger partial charge < -0.3 is 15.8 Å². The third kappa shape index (κ3) is 3.58. The van der Waals surface area contributed by atoms with E-state index in [1.54, 1.807) is 7.11 Å². The molecule has 3 N–H and O–H groups in total. The van der Waals surface area contributed by atoms with Crippen molar-refractivity contribution in [3.63, 3.8) is 0 Å². The molecule has 0 aliphatic heterocycles. The minimum absolute atomic E-state index is 0.381. The van der Waals surface area contributed by atoms with Gasteiger partial charge in [0.05, 0.1) is 12.6 Å². The molecule has 1 atom stereocenters. The van der Waals surface area contributed by atoms with Crippen LogP contribution in [0.4, 0.5) is 5.82 Å². The second kappa shape index (κ2) is 6.38. The van der Waals surface area contributed by atoms with Crippen LogP contribution in [0.25, 0.3) is 10.9 Å². The van der Waals surface area contributed by atoms with Crippen LogP contribution in [0.1, 0.15) is 19.8 Å². The summed E-state index contributed by atoms with van der Waals surface area (Å²) in [4.78, 5) is 4.60. The maximum absolute atomic E-state index is 5.52. The fourth-order valence-electron chi connectivity index (χ4n) is 2.06. The molecule has 0 bridgehead atoms. The van der Waals surface area contributed by atoms with Gasteiger partial charge in [-0.2, -0.15) is 0 Å². The summed E-state index contributed by atoms with van der Waals surface area (Å²) in [6, 6.07) is 10.3. The van der Waals surface area contributed by atoms with Gasteiger partial charge in [-0.1, -0.05) is 0 Å². The molecule has 0 saturated heterocycles. The number of fused-ring (bicyclic) bond motifs is 1. The zero-order valence-corrected chi connectivity index (χ0v) is 11.5. The summed E-state index contributed by atoms with van der Waals surface area (Å²) < 4.78 is 5.21. The Morgan fingerprint density at radius 1 is 1.32 bits per heavy atom. The van der Waals surface area contributed by atoms with Gasteiger partial charge in [0.25, 0.3) is 0 Å². The fraction of sp³-hybridized carbons (Fsp3) is 0.400. The molecule has 102 valence electrons. The summed E-state index contributed by atoms with van der Waals surface area (Å²) in [6.07, 6.45) is 2.08. The number of hydrogen-bond donors (Lipinski definition) is 2. The van der Waals surface area contributed by atoms with E-state index in [0.29, 0.717) is 6.04 Å². The maximum atomic E-state index is 5.52. The summed E-state index contributed by atoms with van der Waals surface area (Å²) in [7, 11) is 1.67. The lowest BCUT2D eigenvalue weighted by molar-refractivity contribution is 0.415. The number of nitrogens with zero attached hydrogens (tertiary/aromatic N) is 1. The molecule has 19 heavy (non-hydrogen) atoms. The lowest BCUT2D eigenvalue weighted by Gasteiger charge is -2.14. The third-order valence-electron chi connectivity index (χ3n) is 3.13. The van der Waals surface area contributed by atoms with Crippen LogP contribution in [-0.2, 0) is 0 Å². The van der Waals surface area contributed by atoms with E-state index in [1.165, 1.54) is 0 Å². The average Bonchev–Trinajstić information content (AvgIpc) is 2.44. The SMILES string of the molecule is COc1ccc2nc(NC(C)CCCN)ccc2c1. The van der Waals surface area contributed by atoms with Crippen LogP contribution in [0.2, 0.25) is 0 Å². The first kappa shape index (κ1) is 13.6. The summed E-state index contributed by atoms with van der Waals surface area (Å²) in [5, 5.41) is 4.48. The molecule has 1 unspecified atom stereocenters. The molecule has 0 fully saturated rings. The van der Waals surface area contributed by atoms with Gasteiger partial charge in [-0.15, -0.1) is 0 Å².